The lowest BCUT2D eigenvalue weighted by Crippen LogP contribution is -2.27. The molecule has 3 rings (SSSR count). The first-order valence-corrected chi connectivity index (χ1v) is 7.88. The first-order valence-electron chi connectivity index (χ1n) is 7.88. The zero-order valence-electron chi connectivity index (χ0n) is 14.3. The molecular formula is C18H21N5O. The molecule has 6 heteroatoms. The monoisotopic (exact) mass is 323 g/mol. The smallest absolute Gasteiger partial charge is 0.255 e. The molecular weight excluding hydrogens is 302 g/mol. The van der Waals surface area contributed by atoms with Crippen molar-refractivity contribution >= 4 is 5.91 Å². The molecule has 0 bridgehead atoms. The number of aryl methyl sites for hydroxylation is 1. The van der Waals surface area contributed by atoms with Gasteiger partial charge in [-0.25, -0.2) is 4.68 Å². The van der Waals surface area contributed by atoms with Crippen LogP contribution in [-0.4, -0.2) is 25.5 Å². The van der Waals surface area contributed by atoms with Crippen LogP contribution in [0.15, 0.2) is 42.7 Å². The molecule has 1 atom stereocenters. The Kier molecular flexibility index (Phi) is 4.20. The summed E-state index contributed by atoms with van der Waals surface area (Å²) in [5, 5.41) is 11.6. The Morgan fingerprint density at radius 1 is 1.08 bits per heavy atom. The predicted octanol–water partition coefficient (Wildman–Crippen LogP) is 2.71. The summed E-state index contributed by atoms with van der Waals surface area (Å²) in [5.74, 6) is -0.125. The number of carbonyl (C=O) groups excluding carboxylic acids is 1. The topological polar surface area (TPSA) is 64.7 Å². The lowest BCUT2D eigenvalue weighted by atomic mass is 10.1. The second kappa shape index (κ2) is 6.31. The Morgan fingerprint density at radius 3 is 2.42 bits per heavy atom. The minimum atomic E-state index is -0.144. The standard InChI is InChI=1S/C18H21N5O/c1-12(21-18(24)17-11-19-22(4)13(17)2)16-10-20-23(14(16)3)15-8-6-5-7-9-15/h5-12H,1-4H3,(H,21,24)/t12-/m1/s1. The Balaban J connectivity index is 1.81. The van der Waals surface area contributed by atoms with Crippen molar-refractivity contribution in [2.45, 2.75) is 26.8 Å². The summed E-state index contributed by atoms with van der Waals surface area (Å²) in [4.78, 5) is 12.5. The number of hydrogen-bond donors (Lipinski definition) is 1. The molecule has 1 N–H and O–H groups in total. The van der Waals surface area contributed by atoms with Crippen molar-refractivity contribution in [2.75, 3.05) is 0 Å². The maximum Gasteiger partial charge on any atom is 0.255 e. The quantitative estimate of drug-likeness (QED) is 0.803. The minimum absolute atomic E-state index is 0.125. The van der Waals surface area contributed by atoms with Crippen molar-refractivity contribution in [2.24, 2.45) is 7.05 Å². The number of nitrogens with zero attached hydrogens (tertiary/aromatic N) is 4. The van der Waals surface area contributed by atoms with Gasteiger partial charge in [0.25, 0.3) is 5.91 Å². The molecule has 3 aromatic rings. The molecule has 0 aliphatic heterocycles. The molecule has 6 nitrogen and oxygen atoms in total. The first kappa shape index (κ1) is 16.0. The van der Waals surface area contributed by atoms with Gasteiger partial charge in [-0.1, -0.05) is 18.2 Å². The van der Waals surface area contributed by atoms with Crippen LogP contribution in [0, 0.1) is 13.8 Å². The van der Waals surface area contributed by atoms with E-state index in [1.54, 1.807) is 10.9 Å². The molecule has 1 amide bonds. The van der Waals surface area contributed by atoms with Crippen LogP contribution in [0.1, 0.15) is 40.3 Å². The van der Waals surface area contributed by atoms with Gasteiger partial charge in [0.15, 0.2) is 0 Å². The molecule has 124 valence electrons. The van der Waals surface area contributed by atoms with E-state index in [-0.39, 0.29) is 11.9 Å². The molecule has 0 unspecified atom stereocenters. The summed E-state index contributed by atoms with van der Waals surface area (Å²) in [6.07, 6.45) is 3.40. The number of benzene rings is 1. The van der Waals surface area contributed by atoms with Crippen LogP contribution in [0.2, 0.25) is 0 Å². The summed E-state index contributed by atoms with van der Waals surface area (Å²) in [5.41, 5.74) is 4.45. The molecule has 2 aromatic heterocycles. The zero-order chi connectivity index (χ0) is 17.3. The number of nitrogens with one attached hydrogen (secondary N) is 1. The number of para-hydroxylation sites is 1. The summed E-state index contributed by atoms with van der Waals surface area (Å²) in [6, 6.07) is 9.80. The number of amides is 1. The maximum atomic E-state index is 12.5. The van der Waals surface area contributed by atoms with Crippen molar-refractivity contribution in [3.05, 3.63) is 65.2 Å². The third-order valence-electron chi connectivity index (χ3n) is 4.34. The Labute approximate surface area is 141 Å². The van der Waals surface area contributed by atoms with E-state index >= 15 is 0 Å². The van der Waals surface area contributed by atoms with Crippen molar-refractivity contribution < 1.29 is 4.79 Å². The highest BCUT2D eigenvalue weighted by Gasteiger charge is 2.19. The molecule has 2 heterocycles. The van der Waals surface area contributed by atoms with Crippen LogP contribution < -0.4 is 5.32 Å². The van der Waals surface area contributed by atoms with E-state index in [1.165, 1.54) is 0 Å². The second-order valence-corrected chi connectivity index (χ2v) is 5.90. The fourth-order valence-electron chi connectivity index (χ4n) is 2.75. The highest BCUT2D eigenvalue weighted by molar-refractivity contribution is 5.95. The number of rotatable bonds is 4. The van der Waals surface area contributed by atoms with Crippen LogP contribution >= 0.6 is 0 Å². The molecule has 24 heavy (non-hydrogen) atoms. The van der Waals surface area contributed by atoms with Crippen LogP contribution in [0.5, 0.6) is 0 Å². The van der Waals surface area contributed by atoms with E-state index in [0.717, 1.165) is 22.6 Å². The summed E-state index contributed by atoms with van der Waals surface area (Å²) in [7, 11) is 1.82. The SMILES string of the molecule is Cc1c(C(=O)N[C@H](C)c2cnn(-c3ccccc3)c2C)cnn1C. The molecule has 0 saturated heterocycles. The molecule has 0 fully saturated rings. The largest absolute Gasteiger partial charge is 0.345 e. The summed E-state index contributed by atoms with van der Waals surface area (Å²) < 4.78 is 3.57. The fourth-order valence-corrected chi connectivity index (χ4v) is 2.75. The van der Waals surface area contributed by atoms with E-state index in [4.69, 9.17) is 0 Å². The van der Waals surface area contributed by atoms with E-state index in [2.05, 4.69) is 15.5 Å². The van der Waals surface area contributed by atoms with Crippen LogP contribution in [0.3, 0.4) is 0 Å². The van der Waals surface area contributed by atoms with Gasteiger partial charge >= 0.3 is 0 Å². The maximum absolute atomic E-state index is 12.5. The average Bonchev–Trinajstić information content (AvgIpc) is 3.12. The first-order chi connectivity index (χ1) is 11.5. The van der Waals surface area contributed by atoms with E-state index in [0.29, 0.717) is 5.56 Å². The molecule has 0 aliphatic carbocycles. The summed E-state index contributed by atoms with van der Waals surface area (Å²) in [6.45, 7) is 5.85. The third-order valence-corrected chi connectivity index (χ3v) is 4.34. The molecule has 0 spiro atoms. The van der Waals surface area contributed by atoms with E-state index < -0.39 is 0 Å². The van der Waals surface area contributed by atoms with Gasteiger partial charge in [-0.15, -0.1) is 0 Å². The fraction of sp³-hybridized carbons (Fsp3) is 0.278. The van der Waals surface area contributed by atoms with Crippen LogP contribution in [-0.2, 0) is 7.05 Å². The Morgan fingerprint density at radius 2 is 1.79 bits per heavy atom. The van der Waals surface area contributed by atoms with Gasteiger partial charge in [0, 0.05) is 24.0 Å². The van der Waals surface area contributed by atoms with Crippen molar-refractivity contribution in [1.29, 1.82) is 0 Å². The van der Waals surface area contributed by atoms with Crippen LogP contribution in [0.4, 0.5) is 0 Å². The zero-order valence-corrected chi connectivity index (χ0v) is 14.3. The lowest BCUT2D eigenvalue weighted by molar-refractivity contribution is 0.0939. The molecule has 0 saturated carbocycles. The molecule has 0 aliphatic rings. The van der Waals surface area contributed by atoms with Gasteiger partial charge in [-0.2, -0.15) is 10.2 Å². The minimum Gasteiger partial charge on any atom is -0.345 e. The van der Waals surface area contributed by atoms with Crippen LogP contribution in [0.25, 0.3) is 5.69 Å². The van der Waals surface area contributed by atoms with Gasteiger partial charge in [0.1, 0.15) is 0 Å². The van der Waals surface area contributed by atoms with Gasteiger partial charge in [-0.3, -0.25) is 9.48 Å². The Hall–Kier alpha value is -2.89. The highest BCUT2D eigenvalue weighted by atomic mass is 16.1. The van der Waals surface area contributed by atoms with Crippen molar-refractivity contribution in [3.63, 3.8) is 0 Å². The van der Waals surface area contributed by atoms with Gasteiger partial charge in [0.2, 0.25) is 0 Å². The predicted molar refractivity (Wildman–Crippen MR) is 92.1 cm³/mol. The average molecular weight is 323 g/mol. The van der Waals surface area contributed by atoms with Gasteiger partial charge < -0.3 is 5.32 Å². The van der Waals surface area contributed by atoms with Crippen molar-refractivity contribution in [1.82, 2.24) is 24.9 Å². The Bertz CT molecular complexity index is 863. The number of aromatic nitrogens is 4. The third kappa shape index (κ3) is 2.82. The van der Waals surface area contributed by atoms with Gasteiger partial charge in [0.05, 0.1) is 29.7 Å². The molecule has 0 radical (unpaired) electrons. The lowest BCUT2D eigenvalue weighted by Gasteiger charge is -2.14. The van der Waals surface area contributed by atoms with E-state index in [1.807, 2.05) is 69.0 Å². The van der Waals surface area contributed by atoms with E-state index in [9.17, 15) is 4.79 Å². The number of carbonyl (C=O) groups is 1. The van der Waals surface area contributed by atoms with Gasteiger partial charge in [-0.05, 0) is 32.9 Å². The molecule has 1 aromatic carbocycles. The normalized spacial score (nSPS) is 12.2. The van der Waals surface area contributed by atoms with Crippen molar-refractivity contribution in [3.8, 4) is 5.69 Å². The second-order valence-electron chi connectivity index (χ2n) is 5.90. The highest BCUT2D eigenvalue weighted by Crippen LogP contribution is 2.20. The number of hydrogen-bond acceptors (Lipinski definition) is 3. The summed E-state index contributed by atoms with van der Waals surface area (Å²) >= 11 is 0.